The Morgan fingerprint density at radius 2 is 1.50 bits per heavy atom. The predicted octanol–water partition coefficient (Wildman–Crippen LogP) is 3.18. The zero-order valence-electron chi connectivity index (χ0n) is 10.1. The van der Waals surface area contributed by atoms with Crippen LogP contribution in [0.4, 0.5) is 22.0 Å². The first-order valence-electron chi connectivity index (χ1n) is 5.37. The fourth-order valence-electron chi connectivity index (χ4n) is 1.32. The van der Waals surface area contributed by atoms with Crippen LogP contribution in [0.5, 0.6) is 5.75 Å². The Kier molecular flexibility index (Phi) is 5.06. The van der Waals surface area contributed by atoms with E-state index in [1.54, 1.807) is 0 Å². The topological polar surface area (TPSA) is 46.5 Å². The van der Waals surface area contributed by atoms with Crippen LogP contribution in [0.2, 0.25) is 0 Å². The van der Waals surface area contributed by atoms with Crippen molar-refractivity contribution in [2.45, 2.75) is 13.3 Å². The molecule has 0 fully saturated rings. The Labute approximate surface area is 110 Å². The van der Waals surface area contributed by atoms with E-state index in [0.717, 1.165) is 6.08 Å². The Morgan fingerprint density at radius 3 is 1.90 bits per heavy atom. The summed E-state index contributed by atoms with van der Waals surface area (Å²) < 4.78 is 69.2. The molecule has 0 aliphatic rings. The van der Waals surface area contributed by atoms with Crippen molar-refractivity contribution < 1.29 is 36.6 Å². The molecule has 0 unspecified atom stereocenters. The molecule has 3 nitrogen and oxygen atoms in total. The lowest BCUT2D eigenvalue weighted by Gasteiger charge is -2.09. The van der Waals surface area contributed by atoms with E-state index in [0.29, 0.717) is 0 Å². The third-order valence-corrected chi connectivity index (χ3v) is 2.38. The molecule has 0 heterocycles. The van der Waals surface area contributed by atoms with Crippen LogP contribution in [0, 0.1) is 29.1 Å². The molecule has 0 atom stereocenters. The van der Waals surface area contributed by atoms with Gasteiger partial charge in [-0.3, -0.25) is 0 Å². The van der Waals surface area contributed by atoms with Gasteiger partial charge in [0.05, 0.1) is 0 Å². The molecule has 20 heavy (non-hydrogen) atoms. The SMILES string of the molecule is CCC(=CCOc1c(F)c(F)c(F)c(F)c1F)C(=O)O. The minimum atomic E-state index is -2.29. The number of carbonyl (C=O) groups is 1. The summed E-state index contributed by atoms with van der Waals surface area (Å²) in [5, 5.41) is 8.66. The van der Waals surface area contributed by atoms with Gasteiger partial charge in [0.25, 0.3) is 0 Å². The number of halogens is 5. The molecule has 8 heteroatoms. The maximum absolute atomic E-state index is 13.2. The normalized spacial score (nSPS) is 11.6. The predicted molar refractivity (Wildman–Crippen MR) is 57.7 cm³/mol. The van der Waals surface area contributed by atoms with Gasteiger partial charge in [-0.25, -0.2) is 18.0 Å². The highest BCUT2D eigenvalue weighted by atomic mass is 19.2. The number of hydrogen-bond acceptors (Lipinski definition) is 2. The Bertz CT molecular complexity index is 540. The summed E-state index contributed by atoms with van der Waals surface area (Å²) in [7, 11) is 0. The van der Waals surface area contributed by atoms with Crippen molar-refractivity contribution in [1.29, 1.82) is 0 Å². The molecule has 1 N–H and O–H groups in total. The summed E-state index contributed by atoms with van der Waals surface area (Å²) in [6.45, 7) is 0.867. The quantitative estimate of drug-likeness (QED) is 0.393. The minimum absolute atomic E-state index is 0.107. The van der Waals surface area contributed by atoms with Gasteiger partial charge < -0.3 is 9.84 Å². The van der Waals surface area contributed by atoms with Gasteiger partial charge in [0.2, 0.25) is 29.1 Å². The van der Waals surface area contributed by atoms with E-state index in [4.69, 9.17) is 5.11 Å². The Morgan fingerprint density at radius 1 is 1.05 bits per heavy atom. The molecule has 1 rings (SSSR count). The third kappa shape index (κ3) is 3.06. The molecule has 0 aliphatic heterocycles. The molecular formula is C12H9F5O3. The molecular weight excluding hydrogens is 287 g/mol. The molecule has 1 aromatic rings. The highest BCUT2D eigenvalue weighted by molar-refractivity contribution is 5.86. The number of benzene rings is 1. The average molecular weight is 296 g/mol. The maximum Gasteiger partial charge on any atom is 0.331 e. The molecule has 1 aromatic carbocycles. The van der Waals surface area contributed by atoms with E-state index < -0.39 is 47.4 Å². The van der Waals surface area contributed by atoms with Crippen molar-refractivity contribution in [2.24, 2.45) is 0 Å². The van der Waals surface area contributed by atoms with Crippen LogP contribution in [0.3, 0.4) is 0 Å². The van der Waals surface area contributed by atoms with Crippen LogP contribution in [-0.4, -0.2) is 17.7 Å². The van der Waals surface area contributed by atoms with Crippen LogP contribution < -0.4 is 4.74 Å². The highest BCUT2D eigenvalue weighted by Gasteiger charge is 2.26. The van der Waals surface area contributed by atoms with Gasteiger partial charge in [0, 0.05) is 5.57 Å². The summed E-state index contributed by atoms with van der Waals surface area (Å²) in [5.74, 6) is -13.5. The largest absolute Gasteiger partial charge is 0.483 e. The van der Waals surface area contributed by atoms with E-state index in [9.17, 15) is 26.7 Å². The standard InChI is InChI=1S/C12H9F5O3/c1-2-5(12(18)19)3-4-20-11-9(16)7(14)6(13)8(15)10(11)17/h3H,2,4H2,1H3,(H,18,19). The lowest BCUT2D eigenvalue weighted by molar-refractivity contribution is -0.132. The summed E-state index contributed by atoms with van der Waals surface area (Å²) >= 11 is 0. The van der Waals surface area contributed by atoms with E-state index >= 15 is 0 Å². The highest BCUT2D eigenvalue weighted by Crippen LogP contribution is 2.29. The lowest BCUT2D eigenvalue weighted by atomic mass is 10.2. The molecule has 0 radical (unpaired) electrons. The second-order valence-electron chi connectivity index (χ2n) is 3.60. The molecule has 0 saturated heterocycles. The van der Waals surface area contributed by atoms with Crippen LogP contribution in [-0.2, 0) is 4.79 Å². The summed E-state index contributed by atoms with van der Waals surface area (Å²) in [5.41, 5.74) is -0.117. The lowest BCUT2D eigenvalue weighted by Crippen LogP contribution is -2.08. The fraction of sp³-hybridized carbons (Fsp3) is 0.250. The zero-order chi connectivity index (χ0) is 15.4. The first-order valence-corrected chi connectivity index (χ1v) is 5.37. The zero-order valence-corrected chi connectivity index (χ0v) is 10.1. The van der Waals surface area contributed by atoms with Crippen LogP contribution in [0.15, 0.2) is 11.6 Å². The van der Waals surface area contributed by atoms with E-state index in [2.05, 4.69) is 4.74 Å². The minimum Gasteiger partial charge on any atom is -0.483 e. The number of aliphatic carboxylic acids is 1. The second-order valence-corrected chi connectivity index (χ2v) is 3.60. The first kappa shape index (κ1) is 15.9. The van der Waals surface area contributed by atoms with E-state index in [1.807, 2.05) is 0 Å². The van der Waals surface area contributed by atoms with Gasteiger partial charge in [0.1, 0.15) is 6.61 Å². The van der Waals surface area contributed by atoms with Gasteiger partial charge in [-0.05, 0) is 12.5 Å². The summed E-state index contributed by atoms with van der Waals surface area (Å²) in [4.78, 5) is 10.6. The van der Waals surface area contributed by atoms with Gasteiger partial charge >= 0.3 is 5.97 Å². The summed E-state index contributed by atoms with van der Waals surface area (Å²) in [6.07, 6.45) is 1.08. The molecule has 0 bridgehead atoms. The number of hydrogen-bond donors (Lipinski definition) is 1. The van der Waals surface area contributed by atoms with Gasteiger partial charge in [-0.1, -0.05) is 6.92 Å². The Balaban J connectivity index is 3.03. The molecule has 0 aliphatic carbocycles. The average Bonchev–Trinajstić information content (AvgIpc) is 2.42. The number of rotatable bonds is 5. The van der Waals surface area contributed by atoms with Crippen molar-refractivity contribution in [3.05, 3.63) is 40.7 Å². The van der Waals surface area contributed by atoms with Gasteiger partial charge in [-0.15, -0.1) is 0 Å². The third-order valence-electron chi connectivity index (χ3n) is 2.38. The van der Waals surface area contributed by atoms with Crippen LogP contribution >= 0.6 is 0 Å². The van der Waals surface area contributed by atoms with Crippen molar-refractivity contribution in [1.82, 2.24) is 0 Å². The number of carboxylic acids is 1. The van der Waals surface area contributed by atoms with Crippen molar-refractivity contribution >= 4 is 5.97 Å². The molecule has 0 amide bonds. The van der Waals surface area contributed by atoms with Crippen molar-refractivity contribution in [3.63, 3.8) is 0 Å². The second kappa shape index (κ2) is 6.36. The van der Waals surface area contributed by atoms with Crippen molar-refractivity contribution in [3.8, 4) is 5.75 Å². The van der Waals surface area contributed by atoms with E-state index in [1.165, 1.54) is 6.92 Å². The first-order chi connectivity index (χ1) is 9.31. The maximum atomic E-state index is 13.2. The smallest absolute Gasteiger partial charge is 0.331 e. The van der Waals surface area contributed by atoms with Gasteiger partial charge in [-0.2, -0.15) is 8.78 Å². The molecule has 0 saturated carbocycles. The van der Waals surface area contributed by atoms with Crippen LogP contribution in [0.1, 0.15) is 13.3 Å². The number of carboxylic acid groups (broad SMARTS) is 1. The molecule has 0 aromatic heterocycles. The van der Waals surface area contributed by atoms with Crippen LogP contribution in [0.25, 0.3) is 0 Å². The summed E-state index contributed by atoms with van der Waals surface area (Å²) in [6, 6.07) is 0. The van der Waals surface area contributed by atoms with Crippen molar-refractivity contribution in [2.75, 3.05) is 6.61 Å². The van der Waals surface area contributed by atoms with Gasteiger partial charge in [0.15, 0.2) is 5.75 Å². The Hall–Kier alpha value is -2.12. The fourth-order valence-corrected chi connectivity index (χ4v) is 1.32. The molecule has 0 spiro atoms. The van der Waals surface area contributed by atoms with E-state index in [-0.39, 0.29) is 12.0 Å². The number of ether oxygens (including phenoxy) is 1. The monoisotopic (exact) mass is 296 g/mol. The molecule has 110 valence electrons.